The molecule has 4 rings (SSSR count). The van der Waals surface area contributed by atoms with Crippen LogP contribution in [0.15, 0.2) is 0 Å². The van der Waals surface area contributed by atoms with E-state index in [4.69, 9.17) is 0 Å². The van der Waals surface area contributed by atoms with Crippen molar-refractivity contribution in [3.63, 3.8) is 0 Å². The van der Waals surface area contributed by atoms with E-state index >= 15 is 0 Å². The van der Waals surface area contributed by atoms with Crippen molar-refractivity contribution in [1.29, 1.82) is 0 Å². The molecule has 4 fully saturated rings. The predicted molar refractivity (Wildman–Crippen MR) is 124 cm³/mol. The van der Waals surface area contributed by atoms with Gasteiger partial charge in [0.25, 0.3) is 0 Å². The Labute approximate surface area is 186 Å². The van der Waals surface area contributed by atoms with E-state index in [0.29, 0.717) is 23.0 Å². The minimum atomic E-state index is -0.248. The third kappa shape index (κ3) is 3.61. The van der Waals surface area contributed by atoms with Crippen LogP contribution in [0.5, 0.6) is 0 Å². The Morgan fingerprint density at radius 2 is 1.60 bits per heavy atom. The third-order valence-corrected chi connectivity index (χ3v) is 11.4. The molecule has 4 aliphatic carbocycles. The number of hydrogen-bond acceptors (Lipinski definition) is 2. The molecule has 4 aliphatic rings. The van der Waals surface area contributed by atoms with E-state index in [-0.39, 0.29) is 17.4 Å². The zero-order valence-electron chi connectivity index (χ0n) is 20.6. The van der Waals surface area contributed by atoms with E-state index in [1.807, 2.05) is 0 Å². The molecule has 0 saturated heterocycles. The van der Waals surface area contributed by atoms with E-state index in [9.17, 15) is 9.90 Å². The van der Waals surface area contributed by atoms with Crippen LogP contribution in [-0.2, 0) is 4.79 Å². The Kier molecular flexibility index (Phi) is 6.23. The van der Waals surface area contributed by atoms with E-state index in [1.54, 1.807) is 0 Å². The first-order chi connectivity index (χ1) is 14.1. The van der Waals surface area contributed by atoms with Crippen molar-refractivity contribution in [2.24, 2.45) is 58.2 Å². The summed E-state index contributed by atoms with van der Waals surface area (Å²) in [7, 11) is 0. The summed E-state index contributed by atoms with van der Waals surface area (Å²) in [6.07, 6.45) is 11.4. The van der Waals surface area contributed by atoms with Crippen LogP contribution in [0.2, 0.25) is 0 Å². The Balaban J connectivity index is 1.50. The Morgan fingerprint density at radius 1 is 0.933 bits per heavy atom. The summed E-state index contributed by atoms with van der Waals surface area (Å²) in [5.41, 5.74) is 0.594. The predicted octanol–water partition coefficient (Wildman–Crippen LogP) is 6.89. The average molecular weight is 417 g/mol. The molecule has 0 amide bonds. The number of aliphatic hydroxyl groups is 1. The molecule has 0 radical (unpaired) electrons. The van der Waals surface area contributed by atoms with Gasteiger partial charge in [-0.05, 0) is 97.2 Å². The van der Waals surface area contributed by atoms with Crippen LogP contribution in [-0.4, -0.2) is 17.0 Å². The molecule has 2 heteroatoms. The lowest BCUT2D eigenvalue weighted by Crippen LogP contribution is -2.57. The SMILES string of the molecule is CC(C)[C@H](C)CC[C@@H](C)[C@H]1CC[C@H]2[C@@H]3CC(=O)[C@H]4C[C@H](O)CC[C@]4(C)[C@H]3CC[C@]12C. The van der Waals surface area contributed by atoms with Gasteiger partial charge in [-0.2, -0.15) is 0 Å². The number of ketones is 1. The third-order valence-electron chi connectivity index (χ3n) is 11.4. The fraction of sp³-hybridized carbons (Fsp3) is 0.964. The molecule has 0 aliphatic heterocycles. The van der Waals surface area contributed by atoms with E-state index in [2.05, 4.69) is 41.5 Å². The second-order valence-electron chi connectivity index (χ2n) is 13.0. The van der Waals surface area contributed by atoms with Gasteiger partial charge in [0, 0.05) is 12.3 Å². The molecule has 0 aromatic heterocycles. The average Bonchev–Trinajstić information content (AvgIpc) is 3.04. The Morgan fingerprint density at radius 3 is 2.30 bits per heavy atom. The number of fused-ring (bicyclic) bond motifs is 5. The molecule has 0 aromatic carbocycles. The summed E-state index contributed by atoms with van der Waals surface area (Å²) in [4.78, 5) is 13.3. The summed E-state index contributed by atoms with van der Waals surface area (Å²) in [6.45, 7) is 14.7. The van der Waals surface area contributed by atoms with Gasteiger partial charge < -0.3 is 5.11 Å². The quantitative estimate of drug-likeness (QED) is 0.529. The van der Waals surface area contributed by atoms with Crippen LogP contribution in [0.25, 0.3) is 0 Å². The summed E-state index contributed by atoms with van der Waals surface area (Å²) >= 11 is 0. The molecule has 172 valence electrons. The maximum absolute atomic E-state index is 13.3. The summed E-state index contributed by atoms with van der Waals surface area (Å²) in [6, 6.07) is 0. The van der Waals surface area contributed by atoms with Crippen molar-refractivity contribution < 1.29 is 9.90 Å². The fourth-order valence-electron chi connectivity index (χ4n) is 9.06. The second kappa shape index (κ2) is 8.20. The maximum atomic E-state index is 13.3. The standard InChI is InChI=1S/C28H48O2/c1-17(2)18(3)7-8-19(4)22-9-10-23-21-16-26(30)25-15-20(29)11-13-28(25,6)24(21)12-14-27(22,23)5/h17-25,29H,7-16H2,1-6H3/t18-,19-,20-,21+,22-,23+,24+,25-,27-,28-/m1/s1. The number of Topliss-reactive ketones (excluding diaryl/α,β-unsaturated/α-hetero) is 1. The molecule has 1 N–H and O–H groups in total. The second-order valence-corrected chi connectivity index (χ2v) is 13.0. The summed E-state index contributed by atoms with van der Waals surface area (Å²) in [5, 5.41) is 10.2. The number of hydrogen-bond donors (Lipinski definition) is 1. The van der Waals surface area contributed by atoms with Gasteiger partial charge in [0.2, 0.25) is 0 Å². The highest BCUT2D eigenvalue weighted by Gasteiger charge is 2.62. The van der Waals surface area contributed by atoms with Crippen LogP contribution in [0.4, 0.5) is 0 Å². The maximum Gasteiger partial charge on any atom is 0.136 e. The summed E-state index contributed by atoms with van der Waals surface area (Å²) in [5.74, 6) is 5.95. The minimum absolute atomic E-state index is 0.125. The molecule has 0 heterocycles. The van der Waals surface area contributed by atoms with Crippen LogP contribution >= 0.6 is 0 Å². The first-order valence-corrected chi connectivity index (χ1v) is 13.3. The molecular weight excluding hydrogens is 368 g/mol. The highest BCUT2D eigenvalue weighted by atomic mass is 16.3. The number of carbonyl (C=O) groups is 1. The highest BCUT2D eigenvalue weighted by molar-refractivity contribution is 5.83. The Hall–Kier alpha value is -0.370. The zero-order valence-corrected chi connectivity index (χ0v) is 20.6. The van der Waals surface area contributed by atoms with Crippen molar-refractivity contribution in [3.8, 4) is 0 Å². The van der Waals surface area contributed by atoms with Gasteiger partial charge in [-0.15, -0.1) is 0 Å². The molecule has 0 unspecified atom stereocenters. The van der Waals surface area contributed by atoms with Crippen LogP contribution in [0, 0.1) is 58.2 Å². The molecule has 30 heavy (non-hydrogen) atoms. The van der Waals surface area contributed by atoms with Gasteiger partial charge in [0.15, 0.2) is 0 Å². The van der Waals surface area contributed by atoms with Gasteiger partial charge in [0.1, 0.15) is 5.78 Å². The lowest BCUT2D eigenvalue weighted by molar-refractivity contribution is -0.160. The smallest absolute Gasteiger partial charge is 0.136 e. The largest absolute Gasteiger partial charge is 0.393 e. The number of carbonyl (C=O) groups excluding carboxylic acids is 1. The molecule has 0 bridgehead atoms. The van der Waals surface area contributed by atoms with Gasteiger partial charge >= 0.3 is 0 Å². The molecule has 4 saturated carbocycles. The van der Waals surface area contributed by atoms with Gasteiger partial charge in [0.05, 0.1) is 6.10 Å². The lowest BCUT2D eigenvalue weighted by Gasteiger charge is -2.60. The normalized spacial score (nSPS) is 48.1. The Bertz CT molecular complexity index is 641. The van der Waals surface area contributed by atoms with Crippen LogP contribution < -0.4 is 0 Å². The van der Waals surface area contributed by atoms with Crippen molar-refractivity contribution in [1.82, 2.24) is 0 Å². The van der Waals surface area contributed by atoms with Crippen LogP contribution in [0.3, 0.4) is 0 Å². The first kappa shape index (κ1) is 22.8. The number of aliphatic hydroxyl groups excluding tert-OH is 1. The highest BCUT2D eigenvalue weighted by Crippen LogP contribution is 2.67. The van der Waals surface area contributed by atoms with Gasteiger partial charge in [-0.25, -0.2) is 0 Å². The monoisotopic (exact) mass is 416 g/mol. The molecule has 10 atom stereocenters. The molecule has 0 aromatic rings. The molecule has 2 nitrogen and oxygen atoms in total. The first-order valence-electron chi connectivity index (χ1n) is 13.3. The van der Waals surface area contributed by atoms with Crippen molar-refractivity contribution >= 4 is 5.78 Å². The van der Waals surface area contributed by atoms with Gasteiger partial charge in [-0.1, -0.05) is 54.4 Å². The van der Waals surface area contributed by atoms with Crippen LogP contribution in [0.1, 0.15) is 106 Å². The zero-order chi connectivity index (χ0) is 21.8. The molecular formula is C28H48O2. The van der Waals surface area contributed by atoms with Crippen molar-refractivity contribution in [2.75, 3.05) is 0 Å². The van der Waals surface area contributed by atoms with E-state index in [1.165, 1.54) is 38.5 Å². The van der Waals surface area contributed by atoms with E-state index in [0.717, 1.165) is 55.3 Å². The fourth-order valence-corrected chi connectivity index (χ4v) is 9.06. The summed E-state index contributed by atoms with van der Waals surface area (Å²) < 4.78 is 0. The van der Waals surface area contributed by atoms with Crippen molar-refractivity contribution in [3.05, 3.63) is 0 Å². The van der Waals surface area contributed by atoms with Gasteiger partial charge in [-0.3, -0.25) is 4.79 Å². The topological polar surface area (TPSA) is 37.3 Å². The van der Waals surface area contributed by atoms with Crippen molar-refractivity contribution in [2.45, 2.75) is 112 Å². The number of rotatable bonds is 5. The molecule has 0 spiro atoms. The minimum Gasteiger partial charge on any atom is -0.393 e. The van der Waals surface area contributed by atoms with E-state index < -0.39 is 0 Å². The lowest BCUT2D eigenvalue weighted by atomic mass is 9.44.